The highest BCUT2D eigenvalue weighted by Crippen LogP contribution is 2.71. The number of carbonyl (C=O) groups is 2. The Bertz CT molecular complexity index is 2070. The van der Waals surface area contributed by atoms with Gasteiger partial charge in [-0.1, -0.05) is 38.0 Å². The van der Waals surface area contributed by atoms with Crippen molar-refractivity contribution < 1.29 is 91.6 Å². The summed E-state index contributed by atoms with van der Waals surface area (Å²) in [6, 6.07) is 0. The van der Waals surface area contributed by atoms with Gasteiger partial charge in [0.1, 0.15) is 47.3 Å². The molecule has 4 aliphatic heterocycles. The summed E-state index contributed by atoms with van der Waals surface area (Å²) in [6.07, 6.45) is -2.49. The molecule has 4 saturated heterocycles. The SMILES string of the molecule is CO[C@H]1C[C@H](O[C@H]2[C@@H](OC)C[C@H](O[C@H]3CC[C@@]4(C)C(=CC[C@]5(O)[C@@H]4C[C@@H](OC(=O)C=C(C)C(C)C)[C@@]4(C)[C@]5(O)CC[C@@]4(O)C(C)=O)C3)O[C@@H]2C)O[C@@H](C)[C@H]1O[C@H]1C[C@H](OC)[C@H](O[C@H]2C[C@@H](OC)[C@@H](O)[C@H](C)O2)[C@@H](C)O1. The zero-order valence-corrected chi connectivity index (χ0v) is 46.9. The number of aliphatic hydroxyl groups excluding tert-OH is 1. The molecule has 0 amide bonds. The van der Waals surface area contributed by atoms with Crippen LogP contribution < -0.4 is 0 Å². The van der Waals surface area contributed by atoms with E-state index in [0.717, 1.165) is 11.1 Å². The minimum Gasteiger partial charge on any atom is -0.458 e. The second kappa shape index (κ2) is 22.8. The molecule has 8 aliphatic rings. The second-order valence-electron chi connectivity index (χ2n) is 23.9. The minimum absolute atomic E-state index is 0.0344. The minimum atomic E-state index is -2.02. The maximum atomic E-state index is 13.6. The number of Topliss-reactive ketones (excluding diaryl/α,β-unsaturated/α-hetero) is 1. The van der Waals surface area contributed by atoms with Gasteiger partial charge in [-0.25, -0.2) is 4.79 Å². The summed E-state index contributed by atoms with van der Waals surface area (Å²) in [5.41, 5.74) is -6.10. The number of methoxy groups -OCH3 is 4. The summed E-state index contributed by atoms with van der Waals surface area (Å²) in [5.74, 6) is -1.61. The standard InChI is InChI=1S/C56H90O19/c1-28(2)29(3)21-43(58)72-42-27-41-52(9)17-16-36(22-35(52)15-18-55(41,61)56(62)20-19-54(60,34(8)57)53(42,56)10)71-44-24-38(64-12)49(31(5)68-44)74-46-26-40(66-14)51(33(7)70-46)75-47-25-39(65-13)50(32(6)69-47)73-45-23-37(63-11)48(59)30(4)67-45/h15,21,28,30-33,36-42,44-51,59-62H,16-20,22-27H2,1-14H3/t30-,31+,32+,33-,36-,37+,38-,39-,40-,41+,42+,44-,45-,46-,47-,48-,49+,50+,51+,52-,53+,54+,55-,56+/m0/s1. The number of ether oxygens (including phenoxy) is 13. The zero-order chi connectivity index (χ0) is 54.7. The van der Waals surface area contributed by atoms with Crippen LogP contribution in [0.2, 0.25) is 0 Å². The number of esters is 1. The third-order valence-electron chi connectivity index (χ3n) is 19.6. The lowest BCUT2D eigenvalue weighted by Gasteiger charge is -2.67. The first-order valence-electron chi connectivity index (χ1n) is 27.6. The van der Waals surface area contributed by atoms with Gasteiger partial charge in [0.15, 0.2) is 30.9 Å². The van der Waals surface area contributed by atoms with Crippen molar-refractivity contribution in [3.05, 3.63) is 23.3 Å². The van der Waals surface area contributed by atoms with Gasteiger partial charge >= 0.3 is 5.97 Å². The Morgan fingerprint density at radius 2 is 1.13 bits per heavy atom. The van der Waals surface area contributed by atoms with Crippen LogP contribution in [0.1, 0.15) is 140 Å². The third-order valence-corrected chi connectivity index (χ3v) is 19.6. The van der Waals surface area contributed by atoms with E-state index in [9.17, 15) is 30.0 Å². The van der Waals surface area contributed by atoms with E-state index in [-0.39, 0.29) is 43.8 Å². The van der Waals surface area contributed by atoms with Crippen molar-refractivity contribution in [3.8, 4) is 0 Å². The highest BCUT2D eigenvalue weighted by Gasteiger charge is 2.81. The lowest BCUT2D eigenvalue weighted by atomic mass is 9.42. The maximum Gasteiger partial charge on any atom is 0.330 e. The summed E-state index contributed by atoms with van der Waals surface area (Å²) in [6.45, 7) is 18.4. The summed E-state index contributed by atoms with van der Waals surface area (Å²) < 4.78 is 81.6. The van der Waals surface area contributed by atoms with Gasteiger partial charge in [-0.05, 0) is 105 Å². The van der Waals surface area contributed by atoms with Gasteiger partial charge in [0.2, 0.25) is 0 Å². The highest BCUT2D eigenvalue weighted by atomic mass is 16.8. The number of rotatable bonds is 16. The summed E-state index contributed by atoms with van der Waals surface area (Å²) in [5, 5.41) is 48.5. The van der Waals surface area contributed by atoms with Crippen molar-refractivity contribution in [3.63, 3.8) is 0 Å². The van der Waals surface area contributed by atoms with Crippen LogP contribution in [0, 0.1) is 22.7 Å². The van der Waals surface area contributed by atoms with Gasteiger partial charge in [0.05, 0.1) is 60.4 Å². The van der Waals surface area contributed by atoms with Crippen molar-refractivity contribution in [1.82, 2.24) is 0 Å². The molecule has 4 heterocycles. The van der Waals surface area contributed by atoms with E-state index in [2.05, 4.69) is 6.92 Å². The van der Waals surface area contributed by atoms with Gasteiger partial charge in [-0.2, -0.15) is 0 Å². The fourth-order valence-corrected chi connectivity index (χ4v) is 14.6. The molecule has 0 aromatic carbocycles. The molecule has 19 nitrogen and oxygen atoms in total. The van der Waals surface area contributed by atoms with Gasteiger partial charge in [0.25, 0.3) is 0 Å². The number of hydrogen-bond donors (Lipinski definition) is 4. The van der Waals surface area contributed by atoms with E-state index in [1.165, 1.54) is 13.0 Å². The molecular formula is C56H90O19. The molecule has 0 aromatic heterocycles. The van der Waals surface area contributed by atoms with E-state index in [0.29, 0.717) is 44.9 Å². The molecule has 24 atom stereocenters. The molecule has 4 N–H and O–H groups in total. The van der Waals surface area contributed by atoms with Crippen LogP contribution in [0.15, 0.2) is 23.3 Å². The molecule has 4 aliphatic carbocycles. The van der Waals surface area contributed by atoms with Crippen LogP contribution in [0.3, 0.4) is 0 Å². The highest BCUT2D eigenvalue weighted by molar-refractivity contribution is 5.87. The molecule has 0 unspecified atom stereocenters. The number of aliphatic hydroxyl groups is 4. The molecule has 0 bridgehead atoms. The number of allylic oxidation sites excluding steroid dienone is 1. The van der Waals surface area contributed by atoms with Crippen LogP contribution in [0.25, 0.3) is 0 Å². The number of fused-ring (bicyclic) bond motifs is 5. The number of ketones is 1. The third kappa shape index (κ3) is 10.6. The molecule has 7 fully saturated rings. The average Bonchev–Trinajstić information content (AvgIpc) is 3.59. The predicted octanol–water partition coefficient (Wildman–Crippen LogP) is 5.12. The van der Waals surface area contributed by atoms with E-state index in [4.69, 9.17) is 61.6 Å². The Labute approximate surface area is 443 Å². The van der Waals surface area contributed by atoms with Crippen LogP contribution >= 0.6 is 0 Å². The van der Waals surface area contributed by atoms with Crippen LogP contribution in [-0.2, 0) is 71.2 Å². The Morgan fingerprint density at radius 1 is 0.667 bits per heavy atom. The Morgan fingerprint density at radius 3 is 1.60 bits per heavy atom. The molecule has 8 rings (SSSR count). The molecule has 3 saturated carbocycles. The van der Waals surface area contributed by atoms with E-state index in [1.54, 1.807) is 42.3 Å². The van der Waals surface area contributed by atoms with Crippen molar-refractivity contribution >= 4 is 11.8 Å². The molecule has 19 heteroatoms. The Hall–Kier alpha value is -2.02. The van der Waals surface area contributed by atoms with Gasteiger partial charge in [0, 0.05) is 66.1 Å². The normalized spacial score (nSPS) is 49.3. The Kier molecular flexibility index (Phi) is 18.0. The Balaban J connectivity index is 0.877. The topological polar surface area (TPSA) is 235 Å². The first kappa shape index (κ1) is 59.1. The predicted molar refractivity (Wildman–Crippen MR) is 269 cm³/mol. The monoisotopic (exact) mass is 1070 g/mol. The summed E-state index contributed by atoms with van der Waals surface area (Å²) in [4.78, 5) is 26.9. The first-order valence-corrected chi connectivity index (χ1v) is 27.6. The fourth-order valence-electron chi connectivity index (χ4n) is 14.6. The fraction of sp³-hybridized carbons (Fsp3) is 0.893. The molecule has 0 spiro atoms. The summed E-state index contributed by atoms with van der Waals surface area (Å²) >= 11 is 0. The van der Waals surface area contributed by atoms with Crippen molar-refractivity contribution in [2.75, 3.05) is 28.4 Å². The van der Waals surface area contributed by atoms with Crippen molar-refractivity contribution in [2.24, 2.45) is 22.7 Å². The molecular weight excluding hydrogens is 977 g/mol. The van der Waals surface area contributed by atoms with Crippen LogP contribution in [0.4, 0.5) is 0 Å². The molecule has 75 heavy (non-hydrogen) atoms. The van der Waals surface area contributed by atoms with Gasteiger partial charge < -0.3 is 82.0 Å². The quantitative estimate of drug-likeness (QED) is 0.0892. The van der Waals surface area contributed by atoms with Gasteiger partial charge in [-0.15, -0.1) is 0 Å². The molecule has 0 aromatic rings. The van der Waals surface area contributed by atoms with Crippen LogP contribution in [0.5, 0.6) is 0 Å². The number of carbonyl (C=O) groups excluding carboxylic acids is 2. The van der Waals surface area contributed by atoms with Crippen molar-refractivity contribution in [1.29, 1.82) is 0 Å². The lowest BCUT2D eigenvalue weighted by molar-refractivity contribution is -0.347. The lowest BCUT2D eigenvalue weighted by Crippen LogP contribution is -2.78. The maximum absolute atomic E-state index is 13.6. The molecule has 428 valence electrons. The van der Waals surface area contributed by atoms with Crippen LogP contribution in [-0.4, -0.2) is 188 Å². The zero-order valence-electron chi connectivity index (χ0n) is 46.9. The average molecular weight is 1070 g/mol. The first-order chi connectivity index (χ1) is 35.3. The van der Waals surface area contributed by atoms with Crippen molar-refractivity contribution in [2.45, 2.75) is 267 Å². The smallest absolute Gasteiger partial charge is 0.330 e. The van der Waals surface area contributed by atoms with Gasteiger partial charge in [-0.3, -0.25) is 4.79 Å². The van der Waals surface area contributed by atoms with E-state index < -0.39 is 144 Å². The van der Waals surface area contributed by atoms with E-state index in [1.807, 2.05) is 47.6 Å². The van der Waals surface area contributed by atoms with E-state index >= 15 is 0 Å². The second-order valence-corrected chi connectivity index (χ2v) is 23.9. The molecule has 0 radical (unpaired) electrons. The number of hydrogen-bond acceptors (Lipinski definition) is 19. The summed E-state index contributed by atoms with van der Waals surface area (Å²) in [7, 11) is 6.49. The largest absolute Gasteiger partial charge is 0.458 e.